The molecule has 0 saturated carbocycles. The number of thiazole rings is 1. The summed E-state index contributed by atoms with van der Waals surface area (Å²) >= 11 is 1.28. The Morgan fingerprint density at radius 3 is 2.65 bits per heavy atom. The summed E-state index contributed by atoms with van der Waals surface area (Å²) in [4.78, 5) is 17.9. The molecule has 0 bridgehead atoms. The highest BCUT2D eigenvalue weighted by atomic mass is 32.1. The fourth-order valence-corrected chi connectivity index (χ4v) is 3.68. The summed E-state index contributed by atoms with van der Waals surface area (Å²) in [6.45, 7) is 4.22. The van der Waals surface area contributed by atoms with Gasteiger partial charge >= 0.3 is 0 Å². The molecule has 31 heavy (non-hydrogen) atoms. The zero-order valence-electron chi connectivity index (χ0n) is 17.2. The number of hydrogen-bond acceptors (Lipinski definition) is 6. The molecule has 158 valence electrons. The van der Waals surface area contributed by atoms with Crippen LogP contribution < -0.4 is 14.8 Å². The van der Waals surface area contributed by atoms with Gasteiger partial charge in [0.05, 0.1) is 19.4 Å². The lowest BCUT2D eigenvalue weighted by Crippen LogP contribution is -2.13. The normalized spacial score (nSPS) is 11.0. The van der Waals surface area contributed by atoms with Crippen molar-refractivity contribution >= 4 is 28.5 Å². The Morgan fingerprint density at radius 1 is 1.26 bits per heavy atom. The Kier molecular flexibility index (Phi) is 7.00. The van der Waals surface area contributed by atoms with Crippen LogP contribution in [0.15, 0.2) is 48.0 Å². The zero-order valence-corrected chi connectivity index (χ0v) is 18.0. The van der Waals surface area contributed by atoms with Gasteiger partial charge in [0.25, 0.3) is 5.91 Å². The molecule has 0 fully saturated rings. The van der Waals surface area contributed by atoms with Gasteiger partial charge in [-0.1, -0.05) is 6.07 Å². The fraction of sp³-hybridized carbons (Fsp3) is 0.174. The molecule has 0 aliphatic carbocycles. The first-order valence-corrected chi connectivity index (χ1v) is 10.2. The van der Waals surface area contributed by atoms with Crippen LogP contribution in [0.4, 0.5) is 9.52 Å². The predicted octanol–water partition coefficient (Wildman–Crippen LogP) is 5.21. The number of halogens is 1. The van der Waals surface area contributed by atoms with Gasteiger partial charge in [-0.2, -0.15) is 5.26 Å². The van der Waals surface area contributed by atoms with Gasteiger partial charge in [-0.15, -0.1) is 11.3 Å². The van der Waals surface area contributed by atoms with Gasteiger partial charge in [0.1, 0.15) is 17.5 Å². The molecule has 0 radical (unpaired) electrons. The minimum absolute atomic E-state index is 0.0811. The minimum Gasteiger partial charge on any atom is -0.493 e. The SMILES string of the molecule is CCOc1ccc(/C=C(\C#N)C(=O)Nc2nc(-c3ccc(F)cc3)c(C)s2)cc1OC. The highest BCUT2D eigenvalue weighted by Crippen LogP contribution is 2.31. The Morgan fingerprint density at radius 2 is 2.00 bits per heavy atom. The molecule has 6 nitrogen and oxygen atoms in total. The highest BCUT2D eigenvalue weighted by molar-refractivity contribution is 7.16. The number of benzene rings is 2. The third kappa shape index (κ3) is 5.27. The number of methoxy groups -OCH3 is 1. The topological polar surface area (TPSA) is 84.2 Å². The third-order valence-electron chi connectivity index (χ3n) is 4.30. The Labute approximate surface area is 183 Å². The number of carbonyl (C=O) groups excluding carboxylic acids is 1. The first kappa shape index (κ1) is 22.0. The van der Waals surface area contributed by atoms with Crippen LogP contribution in [0.1, 0.15) is 17.4 Å². The van der Waals surface area contributed by atoms with Crippen LogP contribution >= 0.6 is 11.3 Å². The molecule has 8 heteroatoms. The molecular weight excluding hydrogens is 417 g/mol. The summed E-state index contributed by atoms with van der Waals surface area (Å²) in [5, 5.41) is 12.5. The summed E-state index contributed by atoms with van der Waals surface area (Å²) in [5.41, 5.74) is 1.93. The van der Waals surface area contributed by atoms with Gasteiger partial charge in [0, 0.05) is 10.4 Å². The molecule has 0 unspecified atom stereocenters. The molecule has 1 heterocycles. The number of anilines is 1. The average molecular weight is 437 g/mol. The van der Waals surface area contributed by atoms with Crippen molar-refractivity contribution in [3.8, 4) is 28.8 Å². The molecule has 1 amide bonds. The molecule has 3 aromatic rings. The van der Waals surface area contributed by atoms with Crippen LogP contribution in [-0.4, -0.2) is 24.6 Å². The number of ether oxygens (including phenoxy) is 2. The van der Waals surface area contributed by atoms with Crippen molar-refractivity contribution in [2.24, 2.45) is 0 Å². The van der Waals surface area contributed by atoms with E-state index in [-0.39, 0.29) is 11.4 Å². The molecule has 2 aromatic carbocycles. The second-order valence-corrected chi connectivity index (χ2v) is 7.60. The number of nitrogens with one attached hydrogen (secondary N) is 1. The second kappa shape index (κ2) is 9.87. The van der Waals surface area contributed by atoms with Crippen molar-refractivity contribution in [2.45, 2.75) is 13.8 Å². The van der Waals surface area contributed by atoms with Crippen molar-refractivity contribution in [2.75, 3.05) is 19.0 Å². The molecule has 0 saturated heterocycles. The number of aryl methyl sites for hydroxylation is 1. The van der Waals surface area contributed by atoms with Crippen molar-refractivity contribution in [1.29, 1.82) is 5.26 Å². The van der Waals surface area contributed by atoms with Gasteiger partial charge in [0.2, 0.25) is 0 Å². The van der Waals surface area contributed by atoms with Gasteiger partial charge in [-0.05, 0) is 61.9 Å². The molecule has 0 atom stereocenters. The first-order valence-electron chi connectivity index (χ1n) is 9.42. The number of nitrogens with zero attached hydrogens (tertiary/aromatic N) is 2. The summed E-state index contributed by atoms with van der Waals surface area (Å²) in [5.74, 6) is 0.180. The fourth-order valence-electron chi connectivity index (χ4n) is 2.85. The molecular formula is C23H20FN3O3S. The van der Waals surface area contributed by atoms with Crippen molar-refractivity contribution in [3.05, 3.63) is 64.3 Å². The maximum Gasteiger partial charge on any atom is 0.268 e. The molecule has 0 aliphatic heterocycles. The molecule has 1 N–H and O–H groups in total. The zero-order chi connectivity index (χ0) is 22.4. The first-order chi connectivity index (χ1) is 14.9. The van der Waals surface area contributed by atoms with Gasteiger partial charge in [-0.25, -0.2) is 9.37 Å². The van der Waals surface area contributed by atoms with Crippen molar-refractivity contribution in [1.82, 2.24) is 4.98 Å². The standard InChI is InChI=1S/C23H20FN3O3S/c1-4-30-19-10-5-15(12-20(19)29-3)11-17(13-25)22(28)27-23-26-21(14(2)31-23)16-6-8-18(24)9-7-16/h5-12H,4H2,1-3H3,(H,26,27,28)/b17-11+. The highest BCUT2D eigenvalue weighted by Gasteiger charge is 2.15. The number of nitriles is 1. The second-order valence-electron chi connectivity index (χ2n) is 6.40. The average Bonchev–Trinajstić information content (AvgIpc) is 3.13. The molecule has 1 aromatic heterocycles. The molecule has 0 spiro atoms. The van der Waals surface area contributed by atoms with Crippen molar-refractivity contribution < 1.29 is 18.7 Å². The van der Waals surface area contributed by atoms with Crippen LogP contribution in [0.5, 0.6) is 11.5 Å². The summed E-state index contributed by atoms with van der Waals surface area (Å²) < 4.78 is 24.0. The van der Waals surface area contributed by atoms with E-state index in [9.17, 15) is 14.4 Å². The third-order valence-corrected chi connectivity index (χ3v) is 5.18. The lowest BCUT2D eigenvalue weighted by molar-refractivity contribution is -0.112. The predicted molar refractivity (Wildman–Crippen MR) is 119 cm³/mol. The van der Waals surface area contributed by atoms with Gasteiger partial charge < -0.3 is 9.47 Å². The molecule has 3 rings (SSSR count). The van der Waals surface area contributed by atoms with E-state index >= 15 is 0 Å². The quantitative estimate of drug-likeness (QED) is 0.405. The van der Waals surface area contributed by atoms with E-state index in [1.54, 1.807) is 30.3 Å². The Balaban J connectivity index is 1.81. The Bertz CT molecular complexity index is 1160. The van der Waals surface area contributed by atoms with Crippen LogP contribution in [0, 0.1) is 24.1 Å². The number of carbonyl (C=O) groups is 1. The summed E-state index contributed by atoms with van der Waals surface area (Å²) in [6.07, 6.45) is 1.47. The van der Waals surface area contributed by atoms with Crippen LogP contribution in [0.2, 0.25) is 0 Å². The van der Waals surface area contributed by atoms with Crippen molar-refractivity contribution in [3.63, 3.8) is 0 Å². The van der Waals surface area contributed by atoms with Crippen LogP contribution in [-0.2, 0) is 4.79 Å². The van der Waals surface area contributed by atoms with E-state index < -0.39 is 5.91 Å². The smallest absolute Gasteiger partial charge is 0.268 e. The van der Waals surface area contributed by atoms with E-state index in [1.165, 1.54) is 36.7 Å². The van der Waals surface area contributed by atoms with Crippen LogP contribution in [0.3, 0.4) is 0 Å². The number of amides is 1. The number of aromatic nitrogens is 1. The van der Waals surface area contributed by atoms with E-state index in [0.29, 0.717) is 34.5 Å². The summed E-state index contributed by atoms with van der Waals surface area (Å²) in [6, 6.07) is 13.0. The lowest BCUT2D eigenvalue weighted by atomic mass is 10.1. The lowest BCUT2D eigenvalue weighted by Gasteiger charge is -2.09. The Hall–Kier alpha value is -3.70. The maximum atomic E-state index is 13.2. The van der Waals surface area contributed by atoms with Crippen LogP contribution in [0.25, 0.3) is 17.3 Å². The summed E-state index contributed by atoms with van der Waals surface area (Å²) in [7, 11) is 1.52. The van der Waals surface area contributed by atoms with E-state index in [2.05, 4.69) is 10.3 Å². The van der Waals surface area contributed by atoms with E-state index in [4.69, 9.17) is 9.47 Å². The van der Waals surface area contributed by atoms with E-state index in [1.807, 2.05) is 19.9 Å². The largest absolute Gasteiger partial charge is 0.493 e. The monoisotopic (exact) mass is 437 g/mol. The number of hydrogen-bond donors (Lipinski definition) is 1. The molecule has 0 aliphatic rings. The van der Waals surface area contributed by atoms with E-state index in [0.717, 1.165) is 10.4 Å². The van der Waals surface area contributed by atoms with Gasteiger partial charge in [-0.3, -0.25) is 10.1 Å². The maximum absolute atomic E-state index is 13.2. The van der Waals surface area contributed by atoms with Gasteiger partial charge in [0.15, 0.2) is 16.6 Å². The number of rotatable bonds is 7. The minimum atomic E-state index is -0.574.